The molecule has 1 rings (SSSR count). The first-order valence-electron chi connectivity index (χ1n) is 7.84. The Morgan fingerprint density at radius 3 is 2.55 bits per heavy atom. The van der Waals surface area contributed by atoms with E-state index in [9.17, 15) is 0 Å². The van der Waals surface area contributed by atoms with Crippen molar-refractivity contribution in [3.05, 3.63) is 29.8 Å². The number of ether oxygens (including phenoxy) is 1. The molecule has 1 N–H and O–H groups in total. The van der Waals surface area contributed by atoms with Crippen molar-refractivity contribution in [1.82, 2.24) is 10.2 Å². The predicted molar refractivity (Wildman–Crippen MR) is 86.3 cm³/mol. The van der Waals surface area contributed by atoms with Crippen LogP contribution < -0.4 is 10.1 Å². The average Bonchev–Trinajstić information content (AvgIpc) is 2.45. The van der Waals surface area contributed by atoms with E-state index in [0.717, 1.165) is 38.5 Å². The van der Waals surface area contributed by atoms with Crippen LogP contribution in [-0.4, -0.2) is 37.2 Å². The van der Waals surface area contributed by atoms with E-state index in [4.69, 9.17) is 4.74 Å². The number of hydrogen-bond acceptors (Lipinski definition) is 3. The lowest BCUT2D eigenvalue weighted by Gasteiger charge is -2.26. The second-order valence-corrected chi connectivity index (χ2v) is 5.37. The molecule has 3 heteroatoms. The van der Waals surface area contributed by atoms with Gasteiger partial charge in [-0.05, 0) is 39.4 Å². The molecule has 0 saturated carbocycles. The molecule has 3 nitrogen and oxygen atoms in total. The molecule has 0 aliphatic carbocycles. The fourth-order valence-electron chi connectivity index (χ4n) is 2.24. The molecule has 0 amide bonds. The first kappa shape index (κ1) is 17.0. The van der Waals surface area contributed by atoms with Crippen molar-refractivity contribution in [2.45, 2.75) is 46.7 Å². The quantitative estimate of drug-likeness (QED) is 0.711. The summed E-state index contributed by atoms with van der Waals surface area (Å²) in [6.07, 6.45) is 1.19. The van der Waals surface area contributed by atoms with Gasteiger partial charge in [0.05, 0.1) is 0 Å². The number of para-hydroxylation sites is 1. The van der Waals surface area contributed by atoms with Gasteiger partial charge in [0.15, 0.2) is 0 Å². The largest absolute Gasteiger partial charge is 0.492 e. The Hall–Kier alpha value is -1.06. The van der Waals surface area contributed by atoms with Gasteiger partial charge in [-0.25, -0.2) is 0 Å². The highest BCUT2D eigenvalue weighted by molar-refractivity contribution is 5.33. The summed E-state index contributed by atoms with van der Waals surface area (Å²) in [6.45, 7) is 13.6. The third-order valence-electron chi connectivity index (χ3n) is 3.42. The van der Waals surface area contributed by atoms with Crippen molar-refractivity contribution in [2.24, 2.45) is 0 Å². The highest BCUT2D eigenvalue weighted by Crippen LogP contribution is 2.17. The summed E-state index contributed by atoms with van der Waals surface area (Å²) in [5.74, 6) is 1.01. The molecule has 20 heavy (non-hydrogen) atoms. The van der Waals surface area contributed by atoms with Gasteiger partial charge in [-0.2, -0.15) is 0 Å². The molecule has 0 saturated heterocycles. The lowest BCUT2D eigenvalue weighted by atomic mass is 10.2. The minimum atomic E-state index is 0.579. The molecule has 0 aromatic heterocycles. The van der Waals surface area contributed by atoms with Crippen molar-refractivity contribution in [1.29, 1.82) is 0 Å². The van der Waals surface area contributed by atoms with Crippen LogP contribution >= 0.6 is 0 Å². The molecule has 0 atom stereocenters. The topological polar surface area (TPSA) is 24.5 Å². The van der Waals surface area contributed by atoms with Crippen LogP contribution in [0.2, 0.25) is 0 Å². The standard InChI is InChI=1S/C17H30N2O/c1-5-11-19(15(3)4)12-13-20-17-10-8-7-9-16(17)14-18-6-2/h7-10,15,18H,5-6,11-14H2,1-4H3. The maximum atomic E-state index is 5.98. The number of hydrogen-bond donors (Lipinski definition) is 1. The minimum absolute atomic E-state index is 0.579. The van der Waals surface area contributed by atoms with E-state index in [-0.39, 0.29) is 0 Å². The minimum Gasteiger partial charge on any atom is -0.492 e. The smallest absolute Gasteiger partial charge is 0.123 e. The normalized spacial score (nSPS) is 11.3. The molecule has 0 bridgehead atoms. The predicted octanol–water partition coefficient (Wildman–Crippen LogP) is 3.30. The number of rotatable bonds is 10. The van der Waals surface area contributed by atoms with Crippen LogP contribution in [0.1, 0.15) is 39.7 Å². The highest BCUT2D eigenvalue weighted by atomic mass is 16.5. The van der Waals surface area contributed by atoms with E-state index in [0.29, 0.717) is 6.04 Å². The van der Waals surface area contributed by atoms with Gasteiger partial charge in [0, 0.05) is 24.7 Å². The Bertz CT molecular complexity index is 366. The molecule has 0 heterocycles. The lowest BCUT2D eigenvalue weighted by molar-refractivity contribution is 0.175. The molecular weight excluding hydrogens is 248 g/mol. The van der Waals surface area contributed by atoms with Gasteiger partial charge in [0.1, 0.15) is 12.4 Å². The van der Waals surface area contributed by atoms with Crippen molar-refractivity contribution >= 4 is 0 Å². The van der Waals surface area contributed by atoms with Gasteiger partial charge in [-0.15, -0.1) is 0 Å². The molecule has 0 aliphatic rings. The van der Waals surface area contributed by atoms with E-state index in [2.05, 4.69) is 56.1 Å². The lowest BCUT2D eigenvalue weighted by Crippen LogP contribution is -2.35. The third kappa shape index (κ3) is 5.93. The zero-order chi connectivity index (χ0) is 14.8. The fraction of sp³-hybridized carbons (Fsp3) is 0.647. The van der Waals surface area contributed by atoms with Gasteiger partial charge < -0.3 is 10.1 Å². The van der Waals surface area contributed by atoms with E-state index in [1.807, 2.05) is 6.07 Å². The molecule has 1 aromatic rings. The Balaban J connectivity index is 2.48. The van der Waals surface area contributed by atoms with Gasteiger partial charge in [0.25, 0.3) is 0 Å². The number of nitrogens with one attached hydrogen (secondary N) is 1. The summed E-state index contributed by atoms with van der Waals surface area (Å²) in [6, 6.07) is 8.88. The van der Waals surface area contributed by atoms with E-state index >= 15 is 0 Å². The molecule has 0 unspecified atom stereocenters. The SMILES string of the molecule is CCCN(CCOc1ccccc1CNCC)C(C)C. The highest BCUT2D eigenvalue weighted by Gasteiger charge is 2.09. The van der Waals surface area contributed by atoms with Crippen LogP contribution in [0.3, 0.4) is 0 Å². The van der Waals surface area contributed by atoms with E-state index in [1.165, 1.54) is 12.0 Å². The molecular formula is C17H30N2O. The first-order chi connectivity index (χ1) is 9.69. The second-order valence-electron chi connectivity index (χ2n) is 5.37. The molecule has 0 radical (unpaired) electrons. The van der Waals surface area contributed by atoms with Gasteiger partial charge in [-0.1, -0.05) is 32.0 Å². The van der Waals surface area contributed by atoms with Crippen LogP contribution in [0.25, 0.3) is 0 Å². The van der Waals surface area contributed by atoms with Gasteiger partial charge in [0.2, 0.25) is 0 Å². The van der Waals surface area contributed by atoms with E-state index in [1.54, 1.807) is 0 Å². The molecule has 0 aliphatic heterocycles. The van der Waals surface area contributed by atoms with Crippen molar-refractivity contribution in [3.8, 4) is 5.75 Å². The monoisotopic (exact) mass is 278 g/mol. The summed E-state index contributed by atoms with van der Waals surface area (Å²) in [5.41, 5.74) is 1.24. The van der Waals surface area contributed by atoms with Crippen LogP contribution in [0.4, 0.5) is 0 Å². The fourth-order valence-corrected chi connectivity index (χ4v) is 2.24. The van der Waals surface area contributed by atoms with E-state index < -0.39 is 0 Å². The molecule has 114 valence electrons. The summed E-state index contributed by atoms with van der Waals surface area (Å²) < 4.78 is 5.98. The van der Waals surface area contributed by atoms with Crippen LogP contribution in [-0.2, 0) is 6.54 Å². The Morgan fingerprint density at radius 2 is 1.90 bits per heavy atom. The zero-order valence-corrected chi connectivity index (χ0v) is 13.5. The molecule has 0 spiro atoms. The summed E-state index contributed by atoms with van der Waals surface area (Å²) in [4.78, 5) is 2.47. The van der Waals surface area contributed by atoms with Gasteiger partial charge >= 0.3 is 0 Å². The number of nitrogens with zero attached hydrogens (tertiary/aromatic N) is 1. The summed E-state index contributed by atoms with van der Waals surface area (Å²) >= 11 is 0. The van der Waals surface area contributed by atoms with Crippen molar-refractivity contribution in [3.63, 3.8) is 0 Å². The Morgan fingerprint density at radius 1 is 1.15 bits per heavy atom. The zero-order valence-electron chi connectivity index (χ0n) is 13.5. The molecule has 0 fully saturated rings. The van der Waals surface area contributed by atoms with Crippen molar-refractivity contribution in [2.75, 3.05) is 26.2 Å². The number of benzene rings is 1. The van der Waals surface area contributed by atoms with Gasteiger partial charge in [-0.3, -0.25) is 4.90 Å². The van der Waals surface area contributed by atoms with Crippen LogP contribution in [0, 0.1) is 0 Å². The van der Waals surface area contributed by atoms with Crippen LogP contribution in [0.5, 0.6) is 5.75 Å². The molecule has 1 aromatic carbocycles. The maximum absolute atomic E-state index is 5.98. The third-order valence-corrected chi connectivity index (χ3v) is 3.42. The Kier molecular flexibility index (Phi) is 8.31. The Labute approximate surface area is 124 Å². The van der Waals surface area contributed by atoms with Crippen molar-refractivity contribution < 1.29 is 4.74 Å². The summed E-state index contributed by atoms with van der Waals surface area (Å²) in [5, 5.41) is 3.35. The van der Waals surface area contributed by atoms with Crippen LogP contribution in [0.15, 0.2) is 24.3 Å². The average molecular weight is 278 g/mol. The summed E-state index contributed by atoms with van der Waals surface area (Å²) in [7, 11) is 0. The second kappa shape index (κ2) is 9.78. The first-order valence-corrected chi connectivity index (χ1v) is 7.84. The maximum Gasteiger partial charge on any atom is 0.123 e.